The van der Waals surface area contributed by atoms with E-state index < -0.39 is 15.8 Å². The fourth-order valence-corrected chi connectivity index (χ4v) is 3.35. The second kappa shape index (κ2) is 9.50. The van der Waals surface area contributed by atoms with Gasteiger partial charge in [-0.05, 0) is 45.1 Å². The molecular weight excluding hydrogens is 516 g/mol. The number of hydrogen-bond acceptors (Lipinski definition) is 9. The van der Waals surface area contributed by atoms with Gasteiger partial charge in [0.1, 0.15) is 28.3 Å². The number of rotatable bonds is 8. The fourth-order valence-electron chi connectivity index (χ4n) is 2.89. The predicted octanol–water partition coefficient (Wildman–Crippen LogP) is 4.54. The predicted molar refractivity (Wildman–Crippen MR) is 120 cm³/mol. The smallest absolute Gasteiger partial charge is 0.404 e. The Morgan fingerprint density at radius 3 is 2.65 bits per heavy atom. The molecule has 1 aromatic carbocycles. The van der Waals surface area contributed by atoms with E-state index in [4.69, 9.17) is 9.15 Å². The number of nitrogens with zero attached hydrogens (tertiary/aromatic N) is 5. The number of benzene rings is 1. The molecule has 13 nitrogen and oxygen atoms in total. The minimum atomic E-state index is -0.660. The van der Waals surface area contributed by atoms with Crippen LogP contribution in [0.5, 0.6) is 11.5 Å². The highest BCUT2D eigenvalue weighted by Crippen LogP contribution is 2.30. The largest absolute Gasteiger partial charge is 0.455 e. The average molecular weight is 529 g/mol. The first-order valence-corrected chi connectivity index (χ1v) is 10.2. The summed E-state index contributed by atoms with van der Waals surface area (Å²) in [7, 11) is 0. The molecule has 0 fully saturated rings. The van der Waals surface area contributed by atoms with Gasteiger partial charge in [0.25, 0.3) is 11.6 Å². The first kappa shape index (κ1) is 22.6. The molecule has 0 aliphatic heterocycles. The van der Waals surface area contributed by atoms with Gasteiger partial charge in [-0.2, -0.15) is 4.68 Å². The Labute approximate surface area is 198 Å². The Morgan fingerprint density at radius 2 is 1.97 bits per heavy atom. The summed E-state index contributed by atoms with van der Waals surface area (Å²) in [6, 6.07) is 10.0. The molecule has 3 aromatic heterocycles. The van der Waals surface area contributed by atoms with Crippen LogP contribution in [0.15, 0.2) is 69.9 Å². The zero-order chi connectivity index (χ0) is 24.2. The van der Waals surface area contributed by atoms with Crippen LogP contribution in [0.1, 0.15) is 16.3 Å². The minimum absolute atomic E-state index is 0.0413. The molecule has 0 radical (unpaired) electrons. The molecule has 4 rings (SSSR count). The average Bonchev–Trinajstić information content (AvgIpc) is 3.41. The van der Waals surface area contributed by atoms with Crippen LogP contribution < -0.4 is 10.1 Å². The molecule has 34 heavy (non-hydrogen) atoms. The highest BCUT2D eigenvalue weighted by molar-refractivity contribution is 9.10. The van der Waals surface area contributed by atoms with Crippen LogP contribution in [0, 0.1) is 20.2 Å². The van der Waals surface area contributed by atoms with Crippen LogP contribution >= 0.6 is 15.9 Å². The van der Waals surface area contributed by atoms with Gasteiger partial charge in [0.05, 0.1) is 34.2 Å². The number of nitro benzene ring substituents is 1. The van der Waals surface area contributed by atoms with Gasteiger partial charge in [-0.25, -0.2) is 0 Å². The molecular formula is C20H13BrN6O7. The topological polar surface area (TPSA) is 168 Å². The first-order valence-electron chi connectivity index (χ1n) is 9.43. The highest BCUT2D eigenvalue weighted by Gasteiger charge is 2.20. The number of ether oxygens (including phenoxy) is 1. The van der Waals surface area contributed by atoms with Crippen LogP contribution in [0.2, 0.25) is 0 Å². The number of carbonyl (C=O) groups is 1. The summed E-state index contributed by atoms with van der Waals surface area (Å²) >= 11 is 3.06. The Kier molecular flexibility index (Phi) is 6.31. The molecule has 172 valence electrons. The number of carbonyl (C=O) groups excluding carboxylic acids is 1. The normalized spacial score (nSPS) is 10.6. The van der Waals surface area contributed by atoms with E-state index >= 15 is 0 Å². The van der Waals surface area contributed by atoms with Crippen LogP contribution in [-0.2, 0) is 6.54 Å². The van der Waals surface area contributed by atoms with Crippen molar-refractivity contribution in [3.05, 3.63) is 97.3 Å². The number of aromatic nitrogens is 3. The van der Waals surface area contributed by atoms with Crippen molar-refractivity contribution in [3.63, 3.8) is 0 Å². The first-order chi connectivity index (χ1) is 16.3. The molecule has 1 N–H and O–H groups in total. The van der Waals surface area contributed by atoms with Crippen molar-refractivity contribution in [3.8, 4) is 11.5 Å². The Hall–Kier alpha value is -4.59. The van der Waals surface area contributed by atoms with E-state index in [2.05, 4.69) is 31.3 Å². The van der Waals surface area contributed by atoms with Gasteiger partial charge in [0, 0.05) is 18.3 Å². The minimum Gasteiger partial charge on any atom is -0.455 e. The van der Waals surface area contributed by atoms with Crippen molar-refractivity contribution in [2.75, 3.05) is 5.32 Å². The summed E-state index contributed by atoms with van der Waals surface area (Å²) in [6.45, 7) is 0.0413. The highest BCUT2D eigenvalue weighted by atomic mass is 79.9. The number of halogens is 1. The molecule has 3 heterocycles. The van der Waals surface area contributed by atoms with E-state index in [1.165, 1.54) is 47.4 Å². The molecule has 0 saturated carbocycles. The van der Waals surface area contributed by atoms with Crippen molar-refractivity contribution in [2.24, 2.45) is 0 Å². The summed E-state index contributed by atoms with van der Waals surface area (Å²) < 4.78 is 12.6. The summed E-state index contributed by atoms with van der Waals surface area (Å²) in [5.41, 5.74) is -0.176. The van der Waals surface area contributed by atoms with Crippen LogP contribution in [0.4, 0.5) is 17.2 Å². The van der Waals surface area contributed by atoms with Gasteiger partial charge >= 0.3 is 5.82 Å². The lowest BCUT2D eigenvalue weighted by atomic mass is 10.2. The third kappa shape index (κ3) is 5.24. The van der Waals surface area contributed by atoms with E-state index in [0.29, 0.717) is 11.5 Å². The maximum absolute atomic E-state index is 12.6. The van der Waals surface area contributed by atoms with Crippen LogP contribution in [0.3, 0.4) is 0 Å². The van der Waals surface area contributed by atoms with Crippen molar-refractivity contribution >= 4 is 39.0 Å². The van der Waals surface area contributed by atoms with Crippen molar-refractivity contribution in [1.29, 1.82) is 0 Å². The van der Waals surface area contributed by atoms with Crippen molar-refractivity contribution < 1.29 is 23.8 Å². The lowest BCUT2D eigenvalue weighted by molar-refractivity contribution is -0.390. The SMILES string of the molecule is O=C(Nc1cc(Oc2cccnc2)cc([N+](=O)[O-])c1)c1ccc(Cn2cc(Br)c([N+](=O)[O-])n2)o1. The summed E-state index contributed by atoms with van der Waals surface area (Å²) in [5, 5.41) is 28.6. The molecule has 0 aliphatic carbocycles. The third-order valence-corrected chi connectivity index (χ3v) is 4.86. The zero-order valence-corrected chi connectivity index (χ0v) is 18.5. The Morgan fingerprint density at radius 1 is 1.15 bits per heavy atom. The van der Waals surface area contributed by atoms with Crippen LogP contribution in [0.25, 0.3) is 0 Å². The second-order valence-corrected chi connectivity index (χ2v) is 7.59. The van der Waals surface area contributed by atoms with Crippen molar-refractivity contribution in [1.82, 2.24) is 14.8 Å². The zero-order valence-electron chi connectivity index (χ0n) is 17.0. The molecule has 0 spiro atoms. The fraction of sp³-hybridized carbons (Fsp3) is 0.0500. The Bertz CT molecular complexity index is 1390. The van der Waals surface area contributed by atoms with Gasteiger partial charge in [-0.1, -0.05) is 0 Å². The second-order valence-electron chi connectivity index (χ2n) is 6.74. The molecule has 0 bridgehead atoms. The molecule has 14 heteroatoms. The number of anilines is 1. The summed E-state index contributed by atoms with van der Waals surface area (Å²) in [5.74, 6) is -0.275. The number of nitro groups is 2. The lowest BCUT2D eigenvalue weighted by Gasteiger charge is -2.08. The van der Waals surface area contributed by atoms with Gasteiger partial charge in [-0.15, -0.1) is 0 Å². The van der Waals surface area contributed by atoms with E-state index in [1.54, 1.807) is 18.3 Å². The van der Waals surface area contributed by atoms with Crippen LogP contribution in [-0.4, -0.2) is 30.5 Å². The molecule has 0 atom stereocenters. The molecule has 0 aliphatic rings. The number of nitrogens with one attached hydrogen (secondary N) is 1. The number of amides is 1. The van der Waals surface area contributed by atoms with Gasteiger partial charge in [-0.3, -0.25) is 19.9 Å². The van der Waals surface area contributed by atoms with E-state index in [-0.39, 0.29) is 39.7 Å². The van der Waals surface area contributed by atoms with E-state index in [0.717, 1.165) is 0 Å². The lowest BCUT2D eigenvalue weighted by Crippen LogP contribution is -2.11. The molecule has 1 amide bonds. The van der Waals surface area contributed by atoms with Crippen molar-refractivity contribution in [2.45, 2.75) is 6.54 Å². The Balaban J connectivity index is 1.50. The summed E-state index contributed by atoms with van der Waals surface area (Å²) in [4.78, 5) is 37.5. The molecule has 4 aromatic rings. The van der Waals surface area contributed by atoms with E-state index in [1.807, 2.05) is 0 Å². The number of hydrogen-bond donors (Lipinski definition) is 1. The maximum atomic E-state index is 12.6. The van der Waals surface area contributed by atoms with E-state index in [9.17, 15) is 25.0 Å². The standard InChI is InChI=1S/C20H13BrN6O7/c21-17-11-25(24-19(17)27(31)32)10-15-3-4-18(34-15)20(28)23-12-6-13(26(29)30)8-16(7-12)33-14-2-1-5-22-9-14/h1-9,11H,10H2,(H,23,28). The quantitative estimate of drug-likeness (QED) is 0.254. The van der Waals surface area contributed by atoms with Gasteiger partial charge in [0.2, 0.25) is 0 Å². The monoisotopic (exact) mass is 528 g/mol. The molecule has 0 saturated heterocycles. The third-order valence-electron chi connectivity index (χ3n) is 4.31. The van der Waals surface area contributed by atoms with Gasteiger partial charge < -0.3 is 24.6 Å². The van der Waals surface area contributed by atoms with Gasteiger partial charge in [0.15, 0.2) is 5.76 Å². The maximum Gasteiger partial charge on any atom is 0.404 e. The number of furan rings is 1. The number of non-ortho nitro benzene ring substituents is 1. The number of pyridine rings is 1. The summed E-state index contributed by atoms with van der Waals surface area (Å²) in [6.07, 6.45) is 4.40. The molecule has 0 unspecified atom stereocenters.